The van der Waals surface area contributed by atoms with Crippen LogP contribution in [0.25, 0.3) is 0 Å². The fourth-order valence-electron chi connectivity index (χ4n) is 3.41. The highest BCUT2D eigenvalue weighted by molar-refractivity contribution is 7.92. The van der Waals surface area contributed by atoms with E-state index in [1.165, 1.54) is 31.8 Å². The molecule has 0 bridgehead atoms. The van der Waals surface area contributed by atoms with Gasteiger partial charge in [0.05, 0.1) is 7.11 Å². The molecule has 0 fully saturated rings. The number of ether oxygens (including phenoxy) is 4. The van der Waals surface area contributed by atoms with E-state index >= 15 is 0 Å². The number of nitrogens with zero attached hydrogens (tertiary/aromatic N) is 5. The van der Waals surface area contributed by atoms with Gasteiger partial charge in [-0.15, -0.1) is 0 Å². The molecule has 1 atom stereocenters. The highest BCUT2D eigenvalue weighted by atomic mass is 32.2. The summed E-state index contributed by atoms with van der Waals surface area (Å²) in [5, 5.41) is -0.205. The fourth-order valence-corrected chi connectivity index (χ4v) is 4.34. The summed E-state index contributed by atoms with van der Waals surface area (Å²) in [5.74, 6) is 5.92. The van der Waals surface area contributed by atoms with E-state index in [1.54, 1.807) is 50.2 Å². The van der Waals surface area contributed by atoms with E-state index in [4.69, 9.17) is 18.9 Å². The average molecular weight is 577 g/mol. The van der Waals surface area contributed by atoms with Gasteiger partial charge in [-0.05, 0) is 55.5 Å². The van der Waals surface area contributed by atoms with E-state index in [0.29, 0.717) is 5.75 Å². The molecule has 0 aliphatic heterocycles. The summed E-state index contributed by atoms with van der Waals surface area (Å²) in [6, 6.07) is 11.5. The van der Waals surface area contributed by atoms with Crippen LogP contribution in [-0.2, 0) is 10.0 Å². The Morgan fingerprint density at radius 1 is 0.927 bits per heavy atom. The highest BCUT2D eigenvalue weighted by Crippen LogP contribution is 2.40. The second kappa shape index (κ2) is 12.9. The third-order valence-electron chi connectivity index (χ3n) is 5.40. The SMILES string of the molecule is CC#CC(Oc1ncccn1)Oc1nc(C)nc(NS(=O)(=O)c2ccc(C(C)C)cn2)c1Oc1ccccc1OC. The Morgan fingerprint density at radius 2 is 1.66 bits per heavy atom. The Hall–Kier alpha value is -4.96. The summed E-state index contributed by atoms with van der Waals surface area (Å²) in [4.78, 5) is 20.8. The molecule has 3 heterocycles. The standard InChI is InChI=1S/C28H28N6O6S/c1-6-10-24(40-28-29-15-9-16-30-28)39-27-25(38-22-12-8-7-11-21(22)37-5)26(32-19(4)33-27)34-41(35,36)23-14-13-20(17-31-23)18(2)3/h7-9,11-18,24H,1-5H3,(H,32,33,34). The summed E-state index contributed by atoms with van der Waals surface area (Å²) in [6.45, 7) is 7.13. The number of hydrogen-bond acceptors (Lipinski definition) is 11. The zero-order valence-electron chi connectivity index (χ0n) is 23.0. The van der Waals surface area contributed by atoms with Gasteiger partial charge in [-0.3, -0.25) is 4.72 Å². The molecule has 0 aliphatic rings. The first-order valence-corrected chi connectivity index (χ1v) is 13.9. The van der Waals surface area contributed by atoms with Crippen molar-refractivity contribution in [1.82, 2.24) is 24.9 Å². The number of anilines is 1. The van der Waals surface area contributed by atoms with Crippen LogP contribution in [0, 0.1) is 18.8 Å². The van der Waals surface area contributed by atoms with E-state index in [2.05, 4.69) is 41.5 Å². The van der Waals surface area contributed by atoms with Gasteiger partial charge in [-0.2, -0.15) is 13.4 Å². The lowest BCUT2D eigenvalue weighted by molar-refractivity contribution is 0.0411. The molecule has 41 heavy (non-hydrogen) atoms. The summed E-state index contributed by atoms with van der Waals surface area (Å²) >= 11 is 0. The normalized spacial score (nSPS) is 11.7. The van der Waals surface area contributed by atoms with Crippen molar-refractivity contribution in [2.75, 3.05) is 11.8 Å². The quantitative estimate of drug-likeness (QED) is 0.199. The number of methoxy groups -OCH3 is 1. The minimum Gasteiger partial charge on any atom is -0.493 e. The first-order valence-electron chi connectivity index (χ1n) is 12.4. The van der Waals surface area contributed by atoms with Crippen molar-refractivity contribution in [3.05, 3.63) is 72.4 Å². The molecule has 1 N–H and O–H groups in total. The molecule has 0 radical (unpaired) electrons. The Balaban J connectivity index is 1.78. The smallest absolute Gasteiger partial charge is 0.320 e. The minimum atomic E-state index is -4.20. The van der Waals surface area contributed by atoms with Crippen LogP contribution in [0.15, 0.2) is 66.1 Å². The monoisotopic (exact) mass is 576 g/mol. The molecule has 4 rings (SSSR count). The molecular formula is C28H28N6O6S. The van der Waals surface area contributed by atoms with E-state index in [1.807, 2.05) is 13.8 Å². The van der Waals surface area contributed by atoms with E-state index in [-0.39, 0.29) is 46.0 Å². The molecule has 12 nitrogen and oxygen atoms in total. The first kappa shape index (κ1) is 29.0. The maximum atomic E-state index is 13.4. The molecule has 0 amide bonds. The lowest BCUT2D eigenvalue weighted by Gasteiger charge is -2.19. The fraction of sp³-hybridized carbons (Fsp3) is 0.250. The van der Waals surface area contributed by atoms with Crippen molar-refractivity contribution >= 4 is 15.8 Å². The Bertz CT molecular complexity index is 1660. The number of nitrogens with one attached hydrogen (secondary N) is 1. The van der Waals surface area contributed by atoms with Crippen molar-refractivity contribution in [1.29, 1.82) is 0 Å². The summed E-state index contributed by atoms with van der Waals surface area (Å²) in [5.41, 5.74) is 0.892. The number of benzene rings is 1. The van der Waals surface area contributed by atoms with Crippen LogP contribution < -0.4 is 23.7 Å². The molecule has 3 aromatic heterocycles. The Kier molecular flexibility index (Phi) is 9.15. The molecule has 212 valence electrons. The molecule has 1 unspecified atom stereocenters. The van der Waals surface area contributed by atoms with Gasteiger partial charge < -0.3 is 18.9 Å². The van der Waals surface area contributed by atoms with Gasteiger partial charge in [0, 0.05) is 18.6 Å². The maximum absolute atomic E-state index is 13.4. The number of pyridine rings is 1. The minimum absolute atomic E-state index is 0.00932. The lowest BCUT2D eigenvalue weighted by atomic mass is 10.1. The average Bonchev–Trinajstić information content (AvgIpc) is 2.95. The number of aryl methyl sites for hydroxylation is 1. The van der Waals surface area contributed by atoms with Crippen LogP contribution >= 0.6 is 0 Å². The number of aromatic nitrogens is 5. The second-order valence-electron chi connectivity index (χ2n) is 8.69. The van der Waals surface area contributed by atoms with Gasteiger partial charge in [0.1, 0.15) is 5.82 Å². The predicted octanol–water partition coefficient (Wildman–Crippen LogP) is 4.50. The van der Waals surface area contributed by atoms with Crippen molar-refractivity contribution in [3.8, 4) is 41.0 Å². The van der Waals surface area contributed by atoms with Crippen LogP contribution in [0.1, 0.15) is 38.1 Å². The van der Waals surface area contributed by atoms with Crippen LogP contribution in [0.4, 0.5) is 5.82 Å². The number of sulfonamides is 1. The topological polar surface area (TPSA) is 148 Å². The van der Waals surface area contributed by atoms with Gasteiger partial charge >= 0.3 is 12.3 Å². The molecule has 0 aliphatic carbocycles. The molecule has 0 saturated carbocycles. The molecule has 13 heteroatoms. The third-order valence-corrected chi connectivity index (χ3v) is 6.65. The molecule has 0 spiro atoms. The van der Waals surface area contributed by atoms with Crippen molar-refractivity contribution in [2.45, 2.75) is 44.9 Å². The van der Waals surface area contributed by atoms with Crippen molar-refractivity contribution in [2.24, 2.45) is 0 Å². The van der Waals surface area contributed by atoms with E-state index < -0.39 is 16.3 Å². The van der Waals surface area contributed by atoms with Gasteiger partial charge in [-0.1, -0.05) is 38.0 Å². The third kappa shape index (κ3) is 7.37. The van der Waals surface area contributed by atoms with Crippen LogP contribution in [0.3, 0.4) is 0 Å². The molecular weight excluding hydrogens is 548 g/mol. The van der Waals surface area contributed by atoms with E-state index in [0.717, 1.165) is 5.56 Å². The van der Waals surface area contributed by atoms with Gasteiger partial charge in [-0.25, -0.2) is 19.9 Å². The molecule has 1 aromatic carbocycles. The Labute approximate surface area is 238 Å². The highest BCUT2D eigenvalue weighted by Gasteiger charge is 2.27. The largest absolute Gasteiger partial charge is 0.493 e. The summed E-state index contributed by atoms with van der Waals surface area (Å²) in [6.07, 6.45) is 3.28. The molecule has 4 aromatic rings. The maximum Gasteiger partial charge on any atom is 0.320 e. The number of rotatable bonds is 11. The summed E-state index contributed by atoms with van der Waals surface area (Å²) < 4.78 is 52.4. The van der Waals surface area contributed by atoms with Crippen LogP contribution in [0.2, 0.25) is 0 Å². The number of hydrogen-bond donors (Lipinski definition) is 1. The van der Waals surface area contributed by atoms with Crippen molar-refractivity contribution < 1.29 is 27.4 Å². The van der Waals surface area contributed by atoms with Gasteiger partial charge in [0.15, 0.2) is 22.3 Å². The zero-order chi connectivity index (χ0) is 29.4. The van der Waals surface area contributed by atoms with Crippen molar-refractivity contribution in [3.63, 3.8) is 0 Å². The number of para-hydroxylation sites is 2. The lowest BCUT2D eigenvalue weighted by Crippen LogP contribution is -2.24. The van der Waals surface area contributed by atoms with Crippen LogP contribution in [0.5, 0.6) is 29.1 Å². The van der Waals surface area contributed by atoms with Crippen LogP contribution in [-0.4, -0.2) is 46.7 Å². The van der Waals surface area contributed by atoms with E-state index in [9.17, 15) is 8.42 Å². The summed E-state index contributed by atoms with van der Waals surface area (Å²) in [7, 11) is -2.73. The first-order chi connectivity index (χ1) is 19.7. The van der Waals surface area contributed by atoms with Gasteiger partial charge in [0.25, 0.3) is 15.9 Å². The Morgan fingerprint density at radius 3 is 2.29 bits per heavy atom. The molecule has 0 saturated heterocycles. The zero-order valence-corrected chi connectivity index (χ0v) is 23.8. The predicted molar refractivity (Wildman–Crippen MR) is 149 cm³/mol. The second-order valence-corrected chi connectivity index (χ2v) is 10.3. The van der Waals surface area contributed by atoms with Gasteiger partial charge in [0.2, 0.25) is 5.75 Å².